The topological polar surface area (TPSA) is 85.9 Å². The van der Waals surface area contributed by atoms with Crippen LogP contribution in [0.15, 0.2) is 36.4 Å². The first-order valence-electron chi connectivity index (χ1n) is 8.42. The van der Waals surface area contributed by atoms with Gasteiger partial charge in [-0.15, -0.1) is 0 Å². The molecule has 0 bridgehead atoms. The fraction of sp³-hybridized carbons (Fsp3) is 0.263. The van der Waals surface area contributed by atoms with Gasteiger partial charge in [0.1, 0.15) is 19.0 Å². The molecule has 2 aromatic carbocycles. The van der Waals surface area contributed by atoms with Gasteiger partial charge in [0.25, 0.3) is 5.91 Å². The molecule has 2 aliphatic heterocycles. The Morgan fingerprint density at radius 2 is 1.81 bits per heavy atom. The van der Waals surface area contributed by atoms with Crippen molar-refractivity contribution in [2.24, 2.45) is 0 Å². The van der Waals surface area contributed by atoms with Crippen molar-refractivity contribution in [3.8, 4) is 17.2 Å². The molecular formula is C19H18N2O5. The van der Waals surface area contributed by atoms with Crippen molar-refractivity contribution >= 4 is 23.2 Å². The fourth-order valence-electron chi connectivity index (χ4n) is 2.89. The van der Waals surface area contributed by atoms with Crippen LogP contribution in [0.5, 0.6) is 17.2 Å². The number of hydrogen-bond donors (Lipinski definition) is 2. The molecule has 7 nitrogen and oxygen atoms in total. The van der Waals surface area contributed by atoms with Crippen LogP contribution in [0.4, 0.5) is 11.4 Å². The molecule has 2 amide bonds. The molecule has 2 aliphatic rings. The van der Waals surface area contributed by atoms with Gasteiger partial charge in [-0.3, -0.25) is 9.59 Å². The highest BCUT2D eigenvalue weighted by atomic mass is 16.6. The normalized spacial score (nSPS) is 14.7. The summed E-state index contributed by atoms with van der Waals surface area (Å²) in [4.78, 5) is 23.6. The van der Waals surface area contributed by atoms with E-state index in [4.69, 9.17) is 14.2 Å². The molecule has 2 N–H and O–H groups in total. The number of benzene rings is 2. The number of nitrogens with one attached hydrogen (secondary N) is 2. The molecule has 0 aliphatic carbocycles. The highest BCUT2D eigenvalue weighted by Gasteiger charge is 2.16. The van der Waals surface area contributed by atoms with E-state index in [1.165, 1.54) is 0 Å². The van der Waals surface area contributed by atoms with Gasteiger partial charge in [-0.05, 0) is 36.2 Å². The Morgan fingerprint density at radius 1 is 1.00 bits per heavy atom. The zero-order valence-corrected chi connectivity index (χ0v) is 14.0. The molecule has 0 saturated carbocycles. The van der Waals surface area contributed by atoms with Crippen molar-refractivity contribution in [1.82, 2.24) is 0 Å². The number of fused-ring (bicyclic) bond motifs is 2. The van der Waals surface area contributed by atoms with Crippen LogP contribution in [0.1, 0.15) is 12.0 Å². The average Bonchev–Trinajstić information content (AvgIpc) is 2.66. The lowest BCUT2D eigenvalue weighted by atomic mass is 10.1. The van der Waals surface area contributed by atoms with Crippen LogP contribution in [-0.2, 0) is 16.0 Å². The number of hydrogen-bond acceptors (Lipinski definition) is 5. The maximum atomic E-state index is 12.2. The molecule has 0 unspecified atom stereocenters. The van der Waals surface area contributed by atoms with Crippen molar-refractivity contribution in [3.63, 3.8) is 0 Å². The molecule has 2 aromatic rings. The minimum Gasteiger partial charge on any atom is -0.486 e. The number of anilines is 2. The lowest BCUT2D eigenvalue weighted by Crippen LogP contribution is -2.25. The summed E-state index contributed by atoms with van der Waals surface area (Å²) in [6.45, 7) is 1.07. The molecule has 4 rings (SSSR count). The second-order valence-corrected chi connectivity index (χ2v) is 6.07. The molecule has 0 aromatic heterocycles. The van der Waals surface area contributed by atoms with Gasteiger partial charge >= 0.3 is 0 Å². The standard InChI is InChI=1S/C19H18N2O5/c22-18(20-13-3-5-16-17(10-13)25-8-7-24-16)6-2-12-1-4-15-14(9-12)21-19(23)11-26-15/h1,3-5,9-10H,2,6-8,11H2,(H,20,22)(H,21,23). The van der Waals surface area contributed by atoms with Crippen LogP contribution in [0.2, 0.25) is 0 Å². The van der Waals surface area contributed by atoms with E-state index in [-0.39, 0.29) is 18.4 Å². The van der Waals surface area contributed by atoms with Gasteiger partial charge in [0.05, 0.1) is 5.69 Å². The predicted molar refractivity (Wildman–Crippen MR) is 94.9 cm³/mol. The van der Waals surface area contributed by atoms with Crippen molar-refractivity contribution in [3.05, 3.63) is 42.0 Å². The second kappa shape index (κ2) is 6.95. The Bertz CT molecular complexity index is 865. The summed E-state index contributed by atoms with van der Waals surface area (Å²) in [7, 11) is 0. The number of amides is 2. The van der Waals surface area contributed by atoms with Crippen LogP contribution in [0, 0.1) is 0 Å². The first-order valence-corrected chi connectivity index (χ1v) is 8.42. The zero-order valence-electron chi connectivity index (χ0n) is 14.0. The summed E-state index contributed by atoms with van der Waals surface area (Å²) in [5.74, 6) is 1.70. The maximum Gasteiger partial charge on any atom is 0.262 e. The average molecular weight is 354 g/mol. The van der Waals surface area contributed by atoms with Crippen molar-refractivity contribution < 1.29 is 23.8 Å². The minimum atomic E-state index is -0.175. The Kier molecular flexibility index (Phi) is 4.35. The number of ether oxygens (including phenoxy) is 3. The van der Waals surface area contributed by atoms with Gasteiger partial charge < -0.3 is 24.8 Å². The summed E-state index contributed by atoms with van der Waals surface area (Å²) in [5.41, 5.74) is 2.27. The largest absolute Gasteiger partial charge is 0.486 e. The van der Waals surface area contributed by atoms with Gasteiger partial charge in [0.15, 0.2) is 18.1 Å². The Hall–Kier alpha value is -3.22. The van der Waals surface area contributed by atoms with Crippen molar-refractivity contribution in [2.45, 2.75) is 12.8 Å². The fourth-order valence-corrected chi connectivity index (χ4v) is 2.89. The summed E-state index contributed by atoms with van der Waals surface area (Å²) in [5, 5.41) is 5.63. The van der Waals surface area contributed by atoms with Crippen molar-refractivity contribution in [2.75, 3.05) is 30.5 Å². The number of carbonyl (C=O) groups is 2. The predicted octanol–water partition coefficient (Wildman–Crippen LogP) is 2.36. The first-order chi connectivity index (χ1) is 12.7. The molecule has 0 spiro atoms. The highest BCUT2D eigenvalue weighted by molar-refractivity contribution is 5.95. The van der Waals surface area contributed by atoms with E-state index in [0.717, 1.165) is 5.56 Å². The van der Waals surface area contributed by atoms with E-state index in [1.54, 1.807) is 18.2 Å². The monoisotopic (exact) mass is 354 g/mol. The zero-order chi connectivity index (χ0) is 17.9. The molecule has 7 heteroatoms. The molecule has 26 heavy (non-hydrogen) atoms. The van der Waals surface area contributed by atoms with Crippen LogP contribution in [0.25, 0.3) is 0 Å². The van der Waals surface area contributed by atoms with Crippen LogP contribution in [-0.4, -0.2) is 31.6 Å². The second-order valence-electron chi connectivity index (χ2n) is 6.07. The molecule has 2 heterocycles. The summed E-state index contributed by atoms with van der Waals surface area (Å²) in [6.07, 6.45) is 0.877. The van der Waals surface area contributed by atoms with E-state index in [2.05, 4.69) is 10.6 Å². The van der Waals surface area contributed by atoms with E-state index in [9.17, 15) is 9.59 Å². The van der Waals surface area contributed by atoms with Crippen LogP contribution >= 0.6 is 0 Å². The van der Waals surface area contributed by atoms with Gasteiger partial charge in [-0.2, -0.15) is 0 Å². The number of carbonyl (C=O) groups excluding carboxylic acids is 2. The first kappa shape index (κ1) is 16.3. The van der Waals surface area contributed by atoms with E-state index in [1.807, 2.05) is 18.2 Å². The Balaban J connectivity index is 1.35. The van der Waals surface area contributed by atoms with E-state index >= 15 is 0 Å². The van der Waals surface area contributed by atoms with Gasteiger partial charge in [-0.25, -0.2) is 0 Å². The Morgan fingerprint density at radius 3 is 2.69 bits per heavy atom. The summed E-state index contributed by atoms with van der Waals surface area (Å²) >= 11 is 0. The molecular weight excluding hydrogens is 336 g/mol. The van der Waals surface area contributed by atoms with E-state index < -0.39 is 0 Å². The van der Waals surface area contributed by atoms with Crippen LogP contribution < -0.4 is 24.8 Å². The number of rotatable bonds is 4. The third kappa shape index (κ3) is 3.56. The van der Waals surface area contributed by atoms with Crippen LogP contribution in [0.3, 0.4) is 0 Å². The van der Waals surface area contributed by atoms with Gasteiger partial charge in [0, 0.05) is 18.2 Å². The van der Waals surface area contributed by atoms with E-state index in [0.29, 0.717) is 54.7 Å². The molecule has 0 atom stereocenters. The molecule has 0 fully saturated rings. The Labute approximate surface area is 150 Å². The lowest BCUT2D eigenvalue weighted by molar-refractivity contribution is -0.118. The van der Waals surface area contributed by atoms with Crippen molar-refractivity contribution in [1.29, 1.82) is 0 Å². The minimum absolute atomic E-state index is 0.0320. The summed E-state index contributed by atoms with van der Waals surface area (Å²) in [6, 6.07) is 10.9. The highest BCUT2D eigenvalue weighted by Crippen LogP contribution is 2.33. The van der Waals surface area contributed by atoms with Gasteiger partial charge in [0.2, 0.25) is 5.91 Å². The SMILES string of the molecule is O=C(CCc1ccc2c(c1)NC(=O)CO2)Nc1ccc2c(c1)OCCO2. The third-order valence-corrected chi connectivity index (χ3v) is 4.14. The maximum absolute atomic E-state index is 12.2. The molecule has 0 saturated heterocycles. The third-order valence-electron chi connectivity index (χ3n) is 4.14. The number of aryl methyl sites for hydroxylation is 1. The smallest absolute Gasteiger partial charge is 0.262 e. The summed E-state index contributed by atoms with van der Waals surface area (Å²) < 4.78 is 16.3. The lowest BCUT2D eigenvalue weighted by Gasteiger charge is -2.19. The quantitative estimate of drug-likeness (QED) is 0.880. The van der Waals surface area contributed by atoms with Gasteiger partial charge in [-0.1, -0.05) is 6.07 Å². The molecule has 0 radical (unpaired) electrons. The molecule has 134 valence electrons.